The molecule has 1 amide bonds. The van der Waals surface area contributed by atoms with Crippen molar-refractivity contribution in [1.82, 2.24) is 28.9 Å². The van der Waals surface area contributed by atoms with Crippen molar-refractivity contribution in [3.05, 3.63) is 81.8 Å². The minimum Gasteiger partial charge on any atom is -0.325 e. The third kappa shape index (κ3) is 4.32. The fraction of sp³-hybridized carbons (Fsp3) is 0.240. The van der Waals surface area contributed by atoms with Gasteiger partial charge in [-0.1, -0.05) is 66.7 Å². The molecule has 0 aliphatic rings. The average molecular weight is 488 g/mol. The zero-order valence-electron chi connectivity index (χ0n) is 19.7. The Kier molecular flexibility index (Phi) is 6.12. The summed E-state index contributed by atoms with van der Waals surface area (Å²) in [6.45, 7) is 4.42. The van der Waals surface area contributed by atoms with Crippen molar-refractivity contribution in [3.63, 3.8) is 0 Å². The zero-order valence-corrected chi connectivity index (χ0v) is 20.5. The molecule has 5 rings (SSSR count). The van der Waals surface area contributed by atoms with Gasteiger partial charge >= 0.3 is 0 Å². The van der Waals surface area contributed by atoms with Gasteiger partial charge in [-0.15, -0.1) is 10.2 Å². The van der Waals surface area contributed by atoms with Crippen LogP contribution in [-0.4, -0.2) is 40.6 Å². The molecule has 35 heavy (non-hydrogen) atoms. The standard InChI is InChI=1S/C25H25N7O2S/c1-4-18-7-5-6-8-19(18)27-21(33)15-35-25-29-28-24-31(14-17-11-9-16(2)10-12-17)23(34)22-20(32(24)25)13-26-30(22)3/h5-13H,4,14-15H2,1-3H3,(H,27,33). The topological polar surface area (TPSA) is 99.1 Å². The molecule has 0 aliphatic heterocycles. The van der Waals surface area contributed by atoms with Gasteiger partial charge in [0.25, 0.3) is 5.56 Å². The van der Waals surface area contributed by atoms with Gasteiger partial charge in [-0.2, -0.15) is 5.10 Å². The van der Waals surface area contributed by atoms with Gasteiger partial charge in [-0.3, -0.25) is 23.2 Å². The summed E-state index contributed by atoms with van der Waals surface area (Å²) in [5.74, 6) is 0.427. The van der Waals surface area contributed by atoms with Crippen molar-refractivity contribution < 1.29 is 4.79 Å². The highest BCUT2D eigenvalue weighted by Crippen LogP contribution is 2.23. The van der Waals surface area contributed by atoms with Gasteiger partial charge in [0.05, 0.1) is 18.5 Å². The molecule has 5 aromatic rings. The van der Waals surface area contributed by atoms with Crippen molar-refractivity contribution in [1.29, 1.82) is 0 Å². The van der Waals surface area contributed by atoms with Crippen LogP contribution in [0.4, 0.5) is 5.69 Å². The molecule has 3 aromatic heterocycles. The van der Waals surface area contributed by atoms with Crippen LogP contribution in [0.1, 0.15) is 23.6 Å². The van der Waals surface area contributed by atoms with E-state index in [1.54, 1.807) is 26.9 Å². The van der Waals surface area contributed by atoms with Gasteiger partial charge in [0.2, 0.25) is 11.7 Å². The molecule has 0 saturated heterocycles. The second-order valence-electron chi connectivity index (χ2n) is 8.34. The van der Waals surface area contributed by atoms with Gasteiger partial charge < -0.3 is 5.32 Å². The number of fused-ring (bicyclic) bond motifs is 3. The van der Waals surface area contributed by atoms with Gasteiger partial charge in [-0.05, 0) is 30.5 Å². The predicted molar refractivity (Wildman–Crippen MR) is 137 cm³/mol. The molecule has 10 heteroatoms. The van der Waals surface area contributed by atoms with E-state index in [-0.39, 0.29) is 17.2 Å². The van der Waals surface area contributed by atoms with Gasteiger partial charge in [0.15, 0.2) is 10.7 Å². The quantitative estimate of drug-likeness (QED) is 0.353. The Bertz CT molecular complexity index is 1600. The number of nitrogens with one attached hydrogen (secondary N) is 1. The zero-order chi connectivity index (χ0) is 24.5. The van der Waals surface area contributed by atoms with E-state index in [4.69, 9.17) is 0 Å². The number of hydrogen-bond acceptors (Lipinski definition) is 6. The molecule has 3 heterocycles. The first-order valence-electron chi connectivity index (χ1n) is 11.3. The molecule has 2 aromatic carbocycles. The minimum absolute atomic E-state index is 0.136. The van der Waals surface area contributed by atoms with Crippen LogP contribution >= 0.6 is 11.8 Å². The first-order valence-corrected chi connectivity index (χ1v) is 12.3. The Balaban J connectivity index is 1.49. The lowest BCUT2D eigenvalue weighted by atomic mass is 10.1. The van der Waals surface area contributed by atoms with E-state index in [0.29, 0.717) is 28.5 Å². The Morgan fingerprint density at radius 1 is 1.09 bits per heavy atom. The highest BCUT2D eigenvalue weighted by atomic mass is 32.2. The predicted octanol–water partition coefficient (Wildman–Crippen LogP) is 3.43. The number of amides is 1. The largest absolute Gasteiger partial charge is 0.325 e. The number of para-hydroxylation sites is 1. The number of rotatable bonds is 7. The summed E-state index contributed by atoms with van der Waals surface area (Å²) in [4.78, 5) is 26.1. The molecule has 0 unspecified atom stereocenters. The van der Waals surface area contributed by atoms with Crippen molar-refractivity contribution in [2.45, 2.75) is 32.0 Å². The van der Waals surface area contributed by atoms with Crippen LogP contribution in [0, 0.1) is 6.92 Å². The van der Waals surface area contributed by atoms with Crippen LogP contribution in [0.25, 0.3) is 16.8 Å². The summed E-state index contributed by atoms with van der Waals surface area (Å²) >= 11 is 1.27. The summed E-state index contributed by atoms with van der Waals surface area (Å²) in [6.07, 6.45) is 2.46. The molecule has 1 N–H and O–H groups in total. The highest BCUT2D eigenvalue weighted by Gasteiger charge is 2.20. The van der Waals surface area contributed by atoms with E-state index in [1.165, 1.54) is 11.8 Å². The number of aryl methyl sites for hydroxylation is 3. The van der Waals surface area contributed by atoms with Crippen molar-refractivity contribution in [2.75, 3.05) is 11.1 Å². The van der Waals surface area contributed by atoms with Crippen LogP contribution in [0.3, 0.4) is 0 Å². The van der Waals surface area contributed by atoms with E-state index in [2.05, 4.69) is 27.5 Å². The van der Waals surface area contributed by atoms with Gasteiger partial charge in [-0.25, -0.2) is 0 Å². The molecular formula is C25H25N7O2S. The van der Waals surface area contributed by atoms with Gasteiger partial charge in [0, 0.05) is 12.7 Å². The molecule has 9 nitrogen and oxygen atoms in total. The van der Waals surface area contributed by atoms with E-state index >= 15 is 0 Å². The second kappa shape index (κ2) is 9.38. The summed E-state index contributed by atoms with van der Waals surface area (Å²) in [7, 11) is 1.74. The smallest absolute Gasteiger partial charge is 0.281 e. The average Bonchev–Trinajstić information content (AvgIpc) is 3.45. The molecule has 178 valence electrons. The fourth-order valence-electron chi connectivity index (χ4n) is 4.08. The molecule has 0 bridgehead atoms. The van der Waals surface area contributed by atoms with Crippen LogP contribution in [0.15, 0.2) is 64.7 Å². The van der Waals surface area contributed by atoms with Gasteiger partial charge in [0.1, 0.15) is 5.52 Å². The first kappa shape index (κ1) is 22.9. The number of anilines is 1. The molecule has 0 fully saturated rings. The van der Waals surface area contributed by atoms with Crippen LogP contribution in [-0.2, 0) is 24.8 Å². The number of carbonyl (C=O) groups excluding carboxylic acids is 1. The van der Waals surface area contributed by atoms with E-state index < -0.39 is 0 Å². The summed E-state index contributed by atoms with van der Waals surface area (Å²) < 4.78 is 4.96. The Morgan fingerprint density at radius 3 is 2.63 bits per heavy atom. The second-order valence-corrected chi connectivity index (χ2v) is 9.29. The minimum atomic E-state index is -0.189. The third-order valence-electron chi connectivity index (χ3n) is 5.93. The number of aromatic nitrogens is 6. The Morgan fingerprint density at radius 2 is 1.86 bits per heavy atom. The Labute approximate surface area is 205 Å². The summed E-state index contributed by atoms with van der Waals surface area (Å²) in [5, 5.41) is 16.5. The number of thioether (sulfide) groups is 1. The van der Waals surface area contributed by atoms with Crippen LogP contribution < -0.4 is 10.9 Å². The molecule has 0 spiro atoms. The molecule has 0 atom stereocenters. The lowest BCUT2D eigenvalue weighted by molar-refractivity contribution is -0.113. The maximum Gasteiger partial charge on any atom is 0.281 e. The van der Waals surface area contributed by atoms with E-state index in [1.807, 2.05) is 55.5 Å². The maximum atomic E-state index is 13.4. The molecular weight excluding hydrogens is 462 g/mol. The number of benzene rings is 2. The summed E-state index contributed by atoms with van der Waals surface area (Å²) in [5.41, 5.74) is 4.89. The SMILES string of the molecule is CCc1ccccc1NC(=O)CSc1nnc2n(Cc3ccc(C)cc3)c(=O)c3c(cnn3C)n12. The molecule has 0 radical (unpaired) electrons. The monoisotopic (exact) mass is 487 g/mol. The fourth-order valence-corrected chi connectivity index (χ4v) is 4.82. The summed E-state index contributed by atoms with van der Waals surface area (Å²) in [6, 6.07) is 15.8. The first-order chi connectivity index (χ1) is 17.0. The van der Waals surface area contributed by atoms with E-state index in [0.717, 1.165) is 28.8 Å². The normalized spacial score (nSPS) is 11.4. The van der Waals surface area contributed by atoms with Crippen molar-refractivity contribution in [3.8, 4) is 0 Å². The number of nitrogens with zero attached hydrogens (tertiary/aromatic N) is 6. The van der Waals surface area contributed by atoms with Crippen LogP contribution in [0.2, 0.25) is 0 Å². The number of hydrogen-bond donors (Lipinski definition) is 1. The Hall–Kier alpha value is -3.92. The van der Waals surface area contributed by atoms with Crippen LogP contribution in [0.5, 0.6) is 0 Å². The van der Waals surface area contributed by atoms with E-state index in [9.17, 15) is 9.59 Å². The third-order valence-corrected chi connectivity index (χ3v) is 6.86. The number of carbonyl (C=O) groups is 1. The molecule has 0 aliphatic carbocycles. The van der Waals surface area contributed by atoms with Crippen molar-refractivity contribution in [2.24, 2.45) is 7.05 Å². The highest BCUT2D eigenvalue weighted by molar-refractivity contribution is 7.99. The van der Waals surface area contributed by atoms with Crippen molar-refractivity contribution >= 4 is 40.2 Å². The lowest BCUT2D eigenvalue weighted by Crippen LogP contribution is -2.25. The molecule has 0 saturated carbocycles. The lowest BCUT2D eigenvalue weighted by Gasteiger charge is -2.11. The maximum absolute atomic E-state index is 13.4.